The summed E-state index contributed by atoms with van der Waals surface area (Å²) in [5, 5.41) is 3.72. The molecule has 1 heterocycles. The van der Waals surface area contributed by atoms with E-state index in [1.165, 1.54) is 29.5 Å². The molecule has 0 aliphatic carbocycles. The third-order valence-corrected chi connectivity index (χ3v) is 3.93. The summed E-state index contributed by atoms with van der Waals surface area (Å²) in [6.07, 6.45) is 3.51. The van der Waals surface area contributed by atoms with Gasteiger partial charge >= 0.3 is 0 Å². The van der Waals surface area contributed by atoms with Crippen LogP contribution in [0, 0.1) is 19.8 Å². The summed E-state index contributed by atoms with van der Waals surface area (Å²) in [5.74, 6) is 0.673. The smallest absolute Gasteiger partial charge is 0.0510 e. The van der Waals surface area contributed by atoms with Crippen LogP contribution in [0.2, 0.25) is 0 Å². The van der Waals surface area contributed by atoms with Gasteiger partial charge in [0.1, 0.15) is 0 Å². The fraction of sp³-hybridized carbons (Fsp3) is 0.647. The first-order chi connectivity index (χ1) is 9.19. The average Bonchev–Trinajstić information content (AvgIpc) is 2.87. The molecule has 0 spiro atoms. The zero-order chi connectivity index (χ0) is 13.7. The molecule has 2 unspecified atom stereocenters. The van der Waals surface area contributed by atoms with Crippen molar-refractivity contribution in [1.29, 1.82) is 0 Å². The first-order valence-electron chi connectivity index (χ1n) is 7.57. The molecule has 0 aromatic heterocycles. The van der Waals surface area contributed by atoms with Crippen LogP contribution in [-0.4, -0.2) is 25.8 Å². The summed E-state index contributed by atoms with van der Waals surface area (Å²) >= 11 is 0. The molecule has 2 nitrogen and oxygen atoms in total. The van der Waals surface area contributed by atoms with E-state index >= 15 is 0 Å². The third kappa shape index (κ3) is 4.32. The van der Waals surface area contributed by atoms with Crippen LogP contribution in [0.4, 0.5) is 0 Å². The van der Waals surface area contributed by atoms with Crippen molar-refractivity contribution in [2.45, 2.75) is 46.1 Å². The summed E-state index contributed by atoms with van der Waals surface area (Å²) in [7, 11) is 0. The molecule has 106 valence electrons. The molecule has 0 amide bonds. The molecular formula is C17H27NO. The molecule has 1 saturated heterocycles. The molecule has 1 aromatic carbocycles. The molecule has 0 bridgehead atoms. The van der Waals surface area contributed by atoms with Crippen LogP contribution in [0.3, 0.4) is 0 Å². The lowest BCUT2D eigenvalue weighted by atomic mass is 9.91. The van der Waals surface area contributed by atoms with Crippen LogP contribution < -0.4 is 5.32 Å². The van der Waals surface area contributed by atoms with Crippen molar-refractivity contribution in [2.24, 2.45) is 5.92 Å². The molecule has 2 atom stereocenters. The van der Waals surface area contributed by atoms with Crippen LogP contribution in [0.5, 0.6) is 0 Å². The van der Waals surface area contributed by atoms with Crippen LogP contribution in [0.25, 0.3) is 0 Å². The molecule has 2 rings (SSSR count). The number of hydrogen-bond donors (Lipinski definition) is 1. The Morgan fingerprint density at radius 1 is 1.26 bits per heavy atom. The van der Waals surface area contributed by atoms with Crippen molar-refractivity contribution < 1.29 is 4.74 Å². The lowest BCUT2D eigenvalue weighted by Gasteiger charge is -2.24. The van der Waals surface area contributed by atoms with Gasteiger partial charge in [0.2, 0.25) is 0 Å². The quantitative estimate of drug-likeness (QED) is 0.848. The molecule has 1 aliphatic heterocycles. The van der Waals surface area contributed by atoms with E-state index < -0.39 is 0 Å². The summed E-state index contributed by atoms with van der Waals surface area (Å²) in [6.45, 7) is 9.55. The Kier molecular flexibility index (Phi) is 5.41. The van der Waals surface area contributed by atoms with Gasteiger partial charge in [0.25, 0.3) is 0 Å². The molecule has 1 aliphatic rings. The zero-order valence-electron chi connectivity index (χ0n) is 12.5. The van der Waals surface area contributed by atoms with Gasteiger partial charge in [0.05, 0.1) is 6.61 Å². The number of hydrogen-bond acceptors (Lipinski definition) is 2. The van der Waals surface area contributed by atoms with Crippen LogP contribution >= 0.6 is 0 Å². The Hall–Kier alpha value is -0.860. The number of aryl methyl sites for hydroxylation is 2. The van der Waals surface area contributed by atoms with E-state index in [0.29, 0.717) is 12.0 Å². The second kappa shape index (κ2) is 7.06. The summed E-state index contributed by atoms with van der Waals surface area (Å²) in [5.41, 5.74) is 4.19. The van der Waals surface area contributed by atoms with E-state index in [1.807, 2.05) is 0 Å². The van der Waals surface area contributed by atoms with Crippen molar-refractivity contribution in [2.75, 3.05) is 19.8 Å². The van der Waals surface area contributed by atoms with Crippen molar-refractivity contribution in [3.05, 3.63) is 34.9 Å². The van der Waals surface area contributed by atoms with Crippen molar-refractivity contribution in [1.82, 2.24) is 5.32 Å². The standard InChI is InChI=1S/C17H27NO/c1-4-6-18-17(16-5-7-19-12-16)11-15-9-13(2)8-14(3)10-15/h8-10,16-18H,4-7,11-12H2,1-3H3. The molecule has 1 aromatic rings. The van der Waals surface area contributed by atoms with E-state index in [1.54, 1.807) is 0 Å². The van der Waals surface area contributed by atoms with Gasteiger partial charge in [-0.2, -0.15) is 0 Å². The van der Waals surface area contributed by atoms with Gasteiger partial charge in [-0.25, -0.2) is 0 Å². The first-order valence-corrected chi connectivity index (χ1v) is 7.57. The molecule has 19 heavy (non-hydrogen) atoms. The minimum Gasteiger partial charge on any atom is -0.381 e. The molecule has 0 radical (unpaired) electrons. The monoisotopic (exact) mass is 261 g/mol. The van der Waals surface area contributed by atoms with E-state index in [-0.39, 0.29) is 0 Å². The van der Waals surface area contributed by atoms with Gasteiger partial charge in [0.15, 0.2) is 0 Å². The Balaban J connectivity index is 2.05. The summed E-state index contributed by atoms with van der Waals surface area (Å²) < 4.78 is 5.56. The lowest BCUT2D eigenvalue weighted by molar-refractivity contribution is 0.176. The van der Waals surface area contributed by atoms with Gasteiger partial charge in [-0.3, -0.25) is 0 Å². The number of benzene rings is 1. The second-order valence-corrected chi connectivity index (χ2v) is 5.88. The van der Waals surface area contributed by atoms with Crippen LogP contribution in [0.1, 0.15) is 36.5 Å². The Morgan fingerprint density at radius 3 is 2.58 bits per heavy atom. The molecule has 2 heteroatoms. The molecule has 1 fully saturated rings. The second-order valence-electron chi connectivity index (χ2n) is 5.88. The minimum absolute atomic E-state index is 0.559. The molecule has 0 saturated carbocycles. The third-order valence-electron chi connectivity index (χ3n) is 3.93. The highest BCUT2D eigenvalue weighted by atomic mass is 16.5. The Labute approximate surface area is 117 Å². The minimum atomic E-state index is 0.559. The fourth-order valence-electron chi connectivity index (χ4n) is 3.05. The Morgan fingerprint density at radius 2 is 2.00 bits per heavy atom. The topological polar surface area (TPSA) is 21.3 Å². The van der Waals surface area contributed by atoms with E-state index in [9.17, 15) is 0 Å². The SMILES string of the molecule is CCCNC(Cc1cc(C)cc(C)c1)C1CCOC1. The van der Waals surface area contributed by atoms with Crippen LogP contribution in [0.15, 0.2) is 18.2 Å². The van der Waals surface area contributed by atoms with Crippen molar-refractivity contribution in [3.63, 3.8) is 0 Å². The highest BCUT2D eigenvalue weighted by molar-refractivity contribution is 5.29. The average molecular weight is 261 g/mol. The predicted octanol–water partition coefficient (Wildman–Crippen LogP) is 3.25. The largest absolute Gasteiger partial charge is 0.381 e. The van der Waals surface area contributed by atoms with Crippen LogP contribution in [-0.2, 0) is 11.2 Å². The number of ether oxygens (including phenoxy) is 1. The van der Waals surface area contributed by atoms with E-state index in [0.717, 1.165) is 26.2 Å². The number of rotatable bonds is 6. The maximum Gasteiger partial charge on any atom is 0.0510 e. The maximum atomic E-state index is 5.56. The van der Waals surface area contributed by atoms with Crippen molar-refractivity contribution in [3.8, 4) is 0 Å². The van der Waals surface area contributed by atoms with E-state index in [4.69, 9.17) is 4.74 Å². The predicted molar refractivity (Wildman–Crippen MR) is 80.6 cm³/mol. The maximum absolute atomic E-state index is 5.56. The summed E-state index contributed by atoms with van der Waals surface area (Å²) in [4.78, 5) is 0. The number of nitrogens with one attached hydrogen (secondary N) is 1. The van der Waals surface area contributed by atoms with Gasteiger partial charge in [0, 0.05) is 18.6 Å². The fourth-order valence-corrected chi connectivity index (χ4v) is 3.05. The lowest BCUT2D eigenvalue weighted by Crippen LogP contribution is -2.39. The van der Waals surface area contributed by atoms with Gasteiger partial charge < -0.3 is 10.1 Å². The molecular weight excluding hydrogens is 234 g/mol. The highest BCUT2D eigenvalue weighted by Gasteiger charge is 2.25. The Bertz CT molecular complexity index is 376. The van der Waals surface area contributed by atoms with Gasteiger partial charge in [-0.15, -0.1) is 0 Å². The van der Waals surface area contributed by atoms with Gasteiger partial charge in [-0.1, -0.05) is 36.2 Å². The van der Waals surface area contributed by atoms with Gasteiger partial charge in [-0.05, 0) is 45.2 Å². The highest BCUT2D eigenvalue weighted by Crippen LogP contribution is 2.21. The normalized spacial score (nSPS) is 20.7. The molecule has 1 N–H and O–H groups in total. The van der Waals surface area contributed by atoms with Crippen molar-refractivity contribution >= 4 is 0 Å². The first kappa shape index (κ1) is 14.5. The zero-order valence-corrected chi connectivity index (χ0v) is 12.5. The van der Waals surface area contributed by atoms with E-state index in [2.05, 4.69) is 44.3 Å². The summed E-state index contributed by atoms with van der Waals surface area (Å²) in [6, 6.07) is 7.45.